The topological polar surface area (TPSA) is 49.9 Å². The Labute approximate surface area is 171 Å². The molecule has 2 rings (SSSR count). The minimum atomic E-state index is -1.29. The Hall–Kier alpha value is -1.82. The molecule has 0 N–H and O–H groups in total. The number of hydrogen-bond donors (Lipinski definition) is 0. The van der Waals surface area contributed by atoms with Gasteiger partial charge in [0.05, 0.1) is 0 Å². The first-order valence-corrected chi connectivity index (χ1v) is 9.69. The van der Waals surface area contributed by atoms with Crippen LogP contribution in [0, 0.1) is 11.2 Å². The highest BCUT2D eigenvalue weighted by Crippen LogP contribution is 2.42. The van der Waals surface area contributed by atoms with Crippen LogP contribution in [0.2, 0.25) is 5.02 Å². The third kappa shape index (κ3) is 4.27. The first kappa shape index (κ1) is 22.5. The average molecular weight is 413 g/mol. The lowest BCUT2D eigenvalue weighted by atomic mass is 9.88. The van der Waals surface area contributed by atoms with E-state index in [2.05, 4.69) is 0 Å². The minimum absolute atomic E-state index is 0.0188. The lowest BCUT2D eigenvalue weighted by Crippen LogP contribution is -2.57. The number of nitrogens with zero attached hydrogens (tertiary/aromatic N) is 2. The maximum absolute atomic E-state index is 14.5. The van der Waals surface area contributed by atoms with Crippen molar-refractivity contribution >= 4 is 23.6 Å². The number of ether oxygens (including phenoxy) is 1. The molecular weight excluding hydrogens is 383 g/mol. The summed E-state index contributed by atoms with van der Waals surface area (Å²) in [6.45, 7) is 12.8. The van der Waals surface area contributed by atoms with E-state index >= 15 is 0 Å². The molecular formula is C21H30ClFN2O3. The van der Waals surface area contributed by atoms with Crippen molar-refractivity contribution in [1.29, 1.82) is 0 Å². The summed E-state index contributed by atoms with van der Waals surface area (Å²) in [7, 11) is 1.67. The first-order chi connectivity index (χ1) is 12.6. The summed E-state index contributed by atoms with van der Waals surface area (Å²) in [5.74, 6) is -0.764. The van der Waals surface area contributed by atoms with Crippen molar-refractivity contribution in [2.45, 2.75) is 72.2 Å². The van der Waals surface area contributed by atoms with Crippen LogP contribution in [0.5, 0.6) is 0 Å². The summed E-state index contributed by atoms with van der Waals surface area (Å²) in [4.78, 5) is 29.5. The molecule has 0 spiro atoms. The maximum atomic E-state index is 14.5. The molecule has 156 valence electrons. The van der Waals surface area contributed by atoms with Gasteiger partial charge in [-0.2, -0.15) is 0 Å². The van der Waals surface area contributed by atoms with Gasteiger partial charge < -0.3 is 9.64 Å². The molecule has 1 aromatic carbocycles. The van der Waals surface area contributed by atoms with Crippen molar-refractivity contribution in [1.82, 2.24) is 9.80 Å². The summed E-state index contributed by atoms with van der Waals surface area (Å²) in [5.41, 5.74) is -2.13. The van der Waals surface area contributed by atoms with E-state index < -0.39 is 34.6 Å². The molecule has 1 fully saturated rings. The first-order valence-electron chi connectivity index (χ1n) is 9.31. The lowest BCUT2D eigenvalue weighted by Gasteiger charge is -2.42. The molecule has 7 heteroatoms. The summed E-state index contributed by atoms with van der Waals surface area (Å²) in [5, 5.41) is 0.276. The van der Waals surface area contributed by atoms with Crippen LogP contribution in [-0.2, 0) is 16.0 Å². The number of carbonyl (C=O) groups is 2. The fourth-order valence-corrected chi connectivity index (χ4v) is 3.97. The van der Waals surface area contributed by atoms with E-state index in [4.69, 9.17) is 16.3 Å². The molecule has 1 aliphatic rings. The van der Waals surface area contributed by atoms with Crippen LogP contribution in [0.4, 0.5) is 9.18 Å². The van der Waals surface area contributed by atoms with Gasteiger partial charge in [-0.15, -0.1) is 0 Å². The zero-order valence-electron chi connectivity index (χ0n) is 17.9. The van der Waals surface area contributed by atoms with E-state index in [1.165, 1.54) is 11.0 Å². The van der Waals surface area contributed by atoms with Crippen molar-refractivity contribution in [2.24, 2.45) is 5.41 Å². The van der Waals surface area contributed by atoms with E-state index in [9.17, 15) is 14.0 Å². The highest BCUT2D eigenvalue weighted by Gasteiger charge is 2.59. The van der Waals surface area contributed by atoms with Gasteiger partial charge in [0, 0.05) is 23.9 Å². The largest absolute Gasteiger partial charge is 0.444 e. The molecule has 0 aliphatic carbocycles. The van der Waals surface area contributed by atoms with Crippen molar-refractivity contribution < 1.29 is 18.7 Å². The van der Waals surface area contributed by atoms with Crippen LogP contribution < -0.4 is 0 Å². The Balaban J connectivity index is 2.56. The number of carbonyl (C=O) groups excluding carboxylic acids is 2. The van der Waals surface area contributed by atoms with E-state index in [1.807, 2.05) is 20.8 Å². The van der Waals surface area contributed by atoms with Gasteiger partial charge in [0.1, 0.15) is 23.1 Å². The third-order valence-corrected chi connectivity index (χ3v) is 5.07. The molecule has 1 heterocycles. The SMILES string of the molecule is CN1C(=O)[C@](C)(Cc2ccc(Cl)cc2F)N(C(=O)OC(C)(C)C)[C@H]1C(C)(C)C. The van der Waals surface area contributed by atoms with E-state index in [1.54, 1.807) is 51.8 Å². The number of rotatable bonds is 2. The quantitative estimate of drug-likeness (QED) is 0.696. The lowest BCUT2D eigenvalue weighted by molar-refractivity contribution is -0.132. The minimum Gasteiger partial charge on any atom is -0.444 e. The Kier molecular flexibility index (Phi) is 5.79. The number of amides is 2. The summed E-state index contributed by atoms with van der Waals surface area (Å²) in [6.07, 6.45) is -1.11. The zero-order valence-corrected chi connectivity index (χ0v) is 18.6. The monoisotopic (exact) mass is 412 g/mol. The highest BCUT2D eigenvalue weighted by atomic mass is 35.5. The van der Waals surface area contributed by atoms with Crippen LogP contribution in [-0.4, -0.2) is 46.2 Å². The summed E-state index contributed by atoms with van der Waals surface area (Å²) in [6, 6.07) is 4.34. The molecule has 0 aromatic heterocycles. The molecule has 2 amide bonds. The fraction of sp³-hybridized carbons (Fsp3) is 0.619. The van der Waals surface area contributed by atoms with Gasteiger partial charge in [0.2, 0.25) is 5.91 Å². The van der Waals surface area contributed by atoms with Gasteiger partial charge in [-0.3, -0.25) is 9.69 Å². The second-order valence-electron chi connectivity index (χ2n) is 9.69. The van der Waals surface area contributed by atoms with Gasteiger partial charge in [0.25, 0.3) is 0 Å². The van der Waals surface area contributed by atoms with Crippen LogP contribution in [0.15, 0.2) is 18.2 Å². The van der Waals surface area contributed by atoms with Gasteiger partial charge in [0.15, 0.2) is 0 Å². The van der Waals surface area contributed by atoms with Gasteiger partial charge in [-0.1, -0.05) is 38.4 Å². The van der Waals surface area contributed by atoms with Crippen LogP contribution in [0.25, 0.3) is 0 Å². The van der Waals surface area contributed by atoms with Gasteiger partial charge in [-0.05, 0) is 45.4 Å². The normalized spacial score (nSPS) is 23.4. The highest BCUT2D eigenvalue weighted by molar-refractivity contribution is 6.30. The molecule has 0 saturated carbocycles. The Morgan fingerprint density at radius 1 is 1.25 bits per heavy atom. The molecule has 1 saturated heterocycles. The average Bonchev–Trinajstić information content (AvgIpc) is 2.70. The predicted molar refractivity (Wildman–Crippen MR) is 108 cm³/mol. The third-order valence-electron chi connectivity index (χ3n) is 4.84. The Morgan fingerprint density at radius 2 is 1.82 bits per heavy atom. The molecule has 1 aromatic rings. The standard InChI is InChI=1S/C21H30ClFN2O3/c1-19(2,3)16-24(8)17(26)21(7,25(16)18(27)28-20(4,5)6)12-13-9-10-14(22)11-15(13)23/h9-11,16H,12H2,1-8H3/t16-,21-/m0/s1. The van der Waals surface area contributed by atoms with E-state index in [0.717, 1.165) is 0 Å². The van der Waals surface area contributed by atoms with Crippen LogP contribution in [0.1, 0.15) is 54.0 Å². The number of benzene rings is 1. The van der Waals surface area contributed by atoms with Gasteiger partial charge in [-0.25, -0.2) is 9.18 Å². The molecule has 0 bridgehead atoms. The van der Waals surface area contributed by atoms with Crippen molar-refractivity contribution in [3.8, 4) is 0 Å². The second-order valence-corrected chi connectivity index (χ2v) is 10.1. The maximum Gasteiger partial charge on any atom is 0.412 e. The number of hydrogen-bond acceptors (Lipinski definition) is 3. The Morgan fingerprint density at radius 3 is 2.29 bits per heavy atom. The zero-order chi connectivity index (χ0) is 21.7. The molecule has 0 unspecified atom stereocenters. The molecule has 0 radical (unpaired) electrons. The van der Waals surface area contributed by atoms with Gasteiger partial charge >= 0.3 is 6.09 Å². The number of likely N-dealkylation sites (N-methyl/N-ethyl adjacent to an activating group) is 1. The number of halogens is 2. The molecule has 1 aliphatic heterocycles. The van der Waals surface area contributed by atoms with E-state index in [-0.39, 0.29) is 17.4 Å². The van der Waals surface area contributed by atoms with Crippen molar-refractivity contribution in [2.75, 3.05) is 7.05 Å². The van der Waals surface area contributed by atoms with Crippen molar-refractivity contribution in [3.05, 3.63) is 34.6 Å². The summed E-state index contributed by atoms with van der Waals surface area (Å²) < 4.78 is 20.1. The van der Waals surface area contributed by atoms with Crippen LogP contribution in [0.3, 0.4) is 0 Å². The second kappa shape index (κ2) is 7.21. The molecule has 5 nitrogen and oxygen atoms in total. The summed E-state index contributed by atoms with van der Waals surface area (Å²) >= 11 is 5.86. The van der Waals surface area contributed by atoms with Crippen molar-refractivity contribution in [3.63, 3.8) is 0 Å². The smallest absolute Gasteiger partial charge is 0.412 e. The van der Waals surface area contributed by atoms with Crippen LogP contribution >= 0.6 is 11.6 Å². The fourth-order valence-electron chi connectivity index (χ4n) is 3.81. The Bertz CT molecular complexity index is 785. The molecule has 2 atom stereocenters. The van der Waals surface area contributed by atoms with E-state index in [0.29, 0.717) is 5.56 Å². The predicted octanol–water partition coefficient (Wildman–Crippen LogP) is 4.86. The molecule has 28 heavy (non-hydrogen) atoms.